The van der Waals surface area contributed by atoms with Crippen LogP contribution in [0.5, 0.6) is 0 Å². The summed E-state index contributed by atoms with van der Waals surface area (Å²) in [7, 11) is 0. The largest absolute Gasteiger partial charge is 0.340 e. The van der Waals surface area contributed by atoms with Crippen LogP contribution in [0.25, 0.3) is 20.7 Å². The van der Waals surface area contributed by atoms with Crippen molar-refractivity contribution in [2.75, 3.05) is 5.32 Å². The molecule has 0 saturated carbocycles. The molecule has 2 aromatic heterocycles. The number of nitrogens with zero attached hydrogens (tertiary/aromatic N) is 2. The quantitative estimate of drug-likeness (QED) is 0.452. The molecule has 0 aliphatic heterocycles. The maximum atomic E-state index is 6.08. The van der Waals surface area contributed by atoms with E-state index in [4.69, 9.17) is 23.2 Å². The average Bonchev–Trinajstić information content (AvgIpc) is 3.04. The van der Waals surface area contributed by atoms with Gasteiger partial charge in [-0.3, -0.25) is 0 Å². The van der Waals surface area contributed by atoms with Crippen LogP contribution in [0.15, 0.2) is 60.9 Å². The minimum Gasteiger partial charge on any atom is -0.340 e. The van der Waals surface area contributed by atoms with E-state index in [9.17, 15) is 0 Å². The predicted molar refractivity (Wildman–Crippen MR) is 103 cm³/mol. The van der Waals surface area contributed by atoms with E-state index in [0.717, 1.165) is 26.6 Å². The zero-order valence-electron chi connectivity index (χ0n) is 12.3. The van der Waals surface area contributed by atoms with Crippen molar-refractivity contribution in [1.82, 2.24) is 9.97 Å². The number of halogens is 2. The lowest BCUT2D eigenvalue weighted by atomic mass is 10.2. The first-order chi connectivity index (χ1) is 11.7. The molecule has 118 valence electrons. The van der Waals surface area contributed by atoms with Gasteiger partial charge in [-0.1, -0.05) is 53.5 Å². The molecule has 0 fully saturated rings. The predicted octanol–water partition coefficient (Wildman–Crippen LogP) is 6.41. The third-order valence-corrected chi connectivity index (χ3v) is 5.40. The minimum absolute atomic E-state index is 0.502. The van der Waals surface area contributed by atoms with Gasteiger partial charge in [0.1, 0.15) is 17.0 Å². The van der Waals surface area contributed by atoms with Gasteiger partial charge in [0, 0.05) is 10.6 Å². The van der Waals surface area contributed by atoms with Gasteiger partial charge in [0.15, 0.2) is 0 Å². The van der Waals surface area contributed by atoms with Crippen molar-refractivity contribution in [3.05, 3.63) is 71.0 Å². The minimum atomic E-state index is 0.502. The molecule has 0 spiro atoms. The fraction of sp³-hybridized carbons (Fsp3) is 0. The Bertz CT molecular complexity index is 1020. The molecule has 0 aliphatic rings. The smallest absolute Gasteiger partial charge is 0.142 e. The van der Waals surface area contributed by atoms with Crippen molar-refractivity contribution in [3.63, 3.8) is 0 Å². The van der Waals surface area contributed by atoms with E-state index < -0.39 is 0 Å². The number of nitrogens with one attached hydrogen (secondary N) is 1. The van der Waals surface area contributed by atoms with Crippen LogP contribution in [0.3, 0.4) is 0 Å². The molecule has 4 aromatic rings. The van der Waals surface area contributed by atoms with Crippen molar-refractivity contribution in [3.8, 4) is 10.4 Å². The zero-order chi connectivity index (χ0) is 16.5. The monoisotopic (exact) mass is 371 g/mol. The molecule has 24 heavy (non-hydrogen) atoms. The van der Waals surface area contributed by atoms with Gasteiger partial charge < -0.3 is 5.32 Å². The molecule has 0 radical (unpaired) electrons. The summed E-state index contributed by atoms with van der Waals surface area (Å²) < 4.78 is 0. The van der Waals surface area contributed by atoms with E-state index in [1.807, 2.05) is 24.3 Å². The molecule has 4 rings (SSSR count). The van der Waals surface area contributed by atoms with Crippen molar-refractivity contribution in [1.29, 1.82) is 0 Å². The molecule has 1 N–H and O–H groups in total. The average molecular weight is 372 g/mol. The summed E-state index contributed by atoms with van der Waals surface area (Å²) in [5, 5.41) is 5.30. The summed E-state index contributed by atoms with van der Waals surface area (Å²) in [6.07, 6.45) is 1.56. The van der Waals surface area contributed by atoms with Gasteiger partial charge in [0.2, 0.25) is 0 Å². The standard InChI is InChI=1S/C18H11Cl2N3S/c19-14-7-6-12(8-15(14)20)23-17-13-9-16(11-4-2-1-3-5-11)24-18(13)22-10-21-17/h1-10H,(H,21,22,23). The van der Waals surface area contributed by atoms with E-state index in [1.165, 1.54) is 5.56 Å². The van der Waals surface area contributed by atoms with E-state index in [-0.39, 0.29) is 0 Å². The van der Waals surface area contributed by atoms with Gasteiger partial charge in [-0.05, 0) is 29.8 Å². The highest BCUT2D eigenvalue weighted by molar-refractivity contribution is 7.21. The molecular formula is C18H11Cl2N3S. The second-order valence-corrected chi connectivity index (χ2v) is 7.02. The Kier molecular flexibility index (Phi) is 4.10. The lowest BCUT2D eigenvalue weighted by molar-refractivity contribution is 1.23. The van der Waals surface area contributed by atoms with Crippen LogP contribution in [0.1, 0.15) is 0 Å². The van der Waals surface area contributed by atoms with Crippen molar-refractivity contribution in [2.24, 2.45) is 0 Å². The Morgan fingerprint density at radius 1 is 0.875 bits per heavy atom. The van der Waals surface area contributed by atoms with Crippen LogP contribution in [0.4, 0.5) is 11.5 Å². The molecular weight excluding hydrogens is 361 g/mol. The second kappa shape index (κ2) is 6.40. The highest BCUT2D eigenvalue weighted by Gasteiger charge is 2.10. The lowest BCUT2D eigenvalue weighted by Crippen LogP contribution is -1.94. The number of hydrogen-bond donors (Lipinski definition) is 1. The van der Waals surface area contributed by atoms with Gasteiger partial charge in [0.05, 0.1) is 15.4 Å². The number of anilines is 2. The Morgan fingerprint density at radius 2 is 1.71 bits per heavy atom. The highest BCUT2D eigenvalue weighted by atomic mass is 35.5. The summed E-state index contributed by atoms with van der Waals surface area (Å²) >= 11 is 13.7. The zero-order valence-corrected chi connectivity index (χ0v) is 14.7. The van der Waals surface area contributed by atoms with Crippen LogP contribution < -0.4 is 5.32 Å². The maximum Gasteiger partial charge on any atom is 0.142 e. The van der Waals surface area contributed by atoms with Gasteiger partial charge in [-0.15, -0.1) is 11.3 Å². The maximum absolute atomic E-state index is 6.08. The Hall–Kier alpha value is -2.14. The first-order valence-electron chi connectivity index (χ1n) is 7.23. The number of aromatic nitrogens is 2. The van der Waals surface area contributed by atoms with Gasteiger partial charge in [-0.25, -0.2) is 9.97 Å². The SMILES string of the molecule is Clc1ccc(Nc2ncnc3sc(-c4ccccc4)cc23)cc1Cl. The second-order valence-electron chi connectivity index (χ2n) is 5.17. The third kappa shape index (κ3) is 2.96. The van der Waals surface area contributed by atoms with E-state index >= 15 is 0 Å². The summed E-state index contributed by atoms with van der Waals surface area (Å²) in [6.45, 7) is 0. The van der Waals surface area contributed by atoms with Gasteiger partial charge in [0.25, 0.3) is 0 Å². The summed E-state index contributed by atoms with van der Waals surface area (Å²) in [5.74, 6) is 0.747. The normalized spacial score (nSPS) is 10.9. The Morgan fingerprint density at radius 3 is 2.50 bits per heavy atom. The number of fused-ring (bicyclic) bond motifs is 1. The molecule has 0 aliphatic carbocycles. The molecule has 0 bridgehead atoms. The van der Waals surface area contributed by atoms with Crippen molar-refractivity contribution in [2.45, 2.75) is 0 Å². The lowest BCUT2D eigenvalue weighted by Gasteiger charge is -2.07. The molecule has 0 unspecified atom stereocenters. The molecule has 2 aromatic carbocycles. The first kappa shape index (κ1) is 15.4. The highest BCUT2D eigenvalue weighted by Crippen LogP contribution is 2.36. The first-order valence-corrected chi connectivity index (χ1v) is 8.80. The molecule has 0 amide bonds. The molecule has 6 heteroatoms. The van der Waals surface area contributed by atoms with Gasteiger partial charge in [-0.2, -0.15) is 0 Å². The summed E-state index contributed by atoms with van der Waals surface area (Å²) in [5.41, 5.74) is 2.00. The van der Waals surface area contributed by atoms with Crippen molar-refractivity contribution < 1.29 is 0 Å². The number of hydrogen-bond acceptors (Lipinski definition) is 4. The van der Waals surface area contributed by atoms with Crippen LogP contribution >= 0.6 is 34.5 Å². The fourth-order valence-electron chi connectivity index (χ4n) is 2.41. The van der Waals surface area contributed by atoms with E-state index in [2.05, 4.69) is 33.5 Å². The van der Waals surface area contributed by atoms with Gasteiger partial charge >= 0.3 is 0 Å². The number of thiophene rings is 1. The van der Waals surface area contributed by atoms with Crippen LogP contribution in [-0.2, 0) is 0 Å². The molecule has 0 saturated heterocycles. The summed E-state index contributed by atoms with van der Waals surface area (Å²) in [6, 6.07) is 17.8. The Balaban J connectivity index is 1.76. The third-order valence-electron chi connectivity index (χ3n) is 3.57. The summed E-state index contributed by atoms with van der Waals surface area (Å²) in [4.78, 5) is 10.8. The number of rotatable bonds is 3. The molecule has 3 nitrogen and oxygen atoms in total. The van der Waals surface area contributed by atoms with E-state index in [1.54, 1.807) is 29.8 Å². The molecule has 2 heterocycles. The molecule has 0 atom stereocenters. The fourth-order valence-corrected chi connectivity index (χ4v) is 3.71. The van der Waals surface area contributed by atoms with E-state index in [0.29, 0.717) is 10.0 Å². The number of benzene rings is 2. The van der Waals surface area contributed by atoms with Crippen molar-refractivity contribution >= 4 is 56.3 Å². The van der Waals surface area contributed by atoms with Crippen LogP contribution in [-0.4, -0.2) is 9.97 Å². The van der Waals surface area contributed by atoms with Crippen LogP contribution in [0, 0.1) is 0 Å². The van der Waals surface area contributed by atoms with Crippen LogP contribution in [0.2, 0.25) is 10.0 Å². The Labute approximate surface area is 152 Å². The topological polar surface area (TPSA) is 37.8 Å².